The zero-order chi connectivity index (χ0) is 8.39. The Hall–Kier alpha value is -1.51. The Kier molecular flexibility index (Phi) is 1.70. The fourth-order valence-corrected chi connectivity index (χ4v) is 1.39. The average molecular weight is 162 g/mol. The Morgan fingerprint density at radius 2 is 2.00 bits per heavy atom. The molecule has 1 aromatic carbocycles. The summed E-state index contributed by atoms with van der Waals surface area (Å²) in [5, 5.41) is 3.09. The fraction of sp³-hybridized carbons (Fsp3) is 0.222. The van der Waals surface area contributed by atoms with Gasteiger partial charge >= 0.3 is 5.96 Å². The van der Waals surface area contributed by atoms with Gasteiger partial charge in [0.25, 0.3) is 0 Å². The lowest BCUT2D eigenvalue weighted by Crippen LogP contribution is -2.30. The van der Waals surface area contributed by atoms with E-state index in [1.807, 2.05) is 18.2 Å². The highest BCUT2D eigenvalue weighted by Crippen LogP contribution is 2.10. The molecular weight excluding hydrogens is 150 g/mol. The number of nitrogens with zero attached hydrogens (tertiary/aromatic N) is 1. The van der Waals surface area contributed by atoms with Gasteiger partial charge in [0, 0.05) is 0 Å². The second-order valence-corrected chi connectivity index (χ2v) is 2.80. The van der Waals surface area contributed by atoms with E-state index in [-0.39, 0.29) is 0 Å². The number of benzene rings is 1. The van der Waals surface area contributed by atoms with Crippen molar-refractivity contribution < 1.29 is 4.58 Å². The molecule has 62 valence electrons. The van der Waals surface area contributed by atoms with Gasteiger partial charge in [-0.25, -0.2) is 4.58 Å². The first-order chi connectivity index (χ1) is 5.88. The molecule has 0 radical (unpaired) electrons. The van der Waals surface area contributed by atoms with Gasteiger partial charge in [-0.15, -0.1) is 0 Å². The van der Waals surface area contributed by atoms with E-state index in [9.17, 15) is 0 Å². The summed E-state index contributed by atoms with van der Waals surface area (Å²) in [6.07, 6.45) is 0. The number of guanidine groups is 1. The Balaban J connectivity index is 2.37. The van der Waals surface area contributed by atoms with Crippen molar-refractivity contribution in [3.05, 3.63) is 30.3 Å². The first-order valence-electron chi connectivity index (χ1n) is 4.07. The lowest BCUT2D eigenvalue weighted by Gasteiger charge is -2.00. The number of nitrogens with one attached hydrogen (secondary N) is 1. The number of hydrogen-bond acceptors (Lipinski definition) is 2. The van der Waals surface area contributed by atoms with Crippen LogP contribution in [0.3, 0.4) is 0 Å². The first-order valence-corrected chi connectivity index (χ1v) is 4.07. The molecule has 3 nitrogen and oxygen atoms in total. The molecule has 0 spiro atoms. The van der Waals surface area contributed by atoms with Crippen LogP contribution >= 0.6 is 0 Å². The summed E-state index contributed by atoms with van der Waals surface area (Å²) < 4.78 is 2.07. The molecule has 0 fully saturated rings. The van der Waals surface area contributed by atoms with Gasteiger partial charge in [-0.2, -0.15) is 0 Å². The van der Waals surface area contributed by atoms with Crippen LogP contribution in [0.5, 0.6) is 0 Å². The molecule has 1 aliphatic heterocycles. The van der Waals surface area contributed by atoms with Crippen LogP contribution < -0.4 is 11.1 Å². The van der Waals surface area contributed by atoms with Crippen LogP contribution in [0.2, 0.25) is 0 Å². The SMILES string of the molecule is NC1=[N+](c2ccccc2)CCN1. The van der Waals surface area contributed by atoms with E-state index in [0.717, 1.165) is 24.7 Å². The lowest BCUT2D eigenvalue weighted by atomic mass is 10.3. The standard InChI is InChI=1S/C9H11N3/c10-9-11-6-7-12(9)8-4-2-1-3-5-8/h1-5H,6-7H2,(H2,10,11)/p+1. The summed E-state index contributed by atoms with van der Waals surface area (Å²) >= 11 is 0. The molecule has 0 unspecified atom stereocenters. The van der Waals surface area contributed by atoms with Crippen LogP contribution in [-0.4, -0.2) is 23.6 Å². The minimum Gasteiger partial charge on any atom is -0.290 e. The second kappa shape index (κ2) is 2.85. The summed E-state index contributed by atoms with van der Waals surface area (Å²) in [5.41, 5.74) is 6.90. The van der Waals surface area contributed by atoms with Crippen molar-refractivity contribution in [2.45, 2.75) is 0 Å². The number of hydrogen-bond donors (Lipinski definition) is 2. The molecule has 12 heavy (non-hydrogen) atoms. The van der Waals surface area contributed by atoms with Gasteiger partial charge in [-0.1, -0.05) is 18.2 Å². The van der Waals surface area contributed by atoms with Gasteiger partial charge < -0.3 is 0 Å². The molecule has 0 saturated heterocycles. The van der Waals surface area contributed by atoms with Crippen molar-refractivity contribution >= 4 is 11.6 Å². The van der Waals surface area contributed by atoms with Crippen LogP contribution in [0.1, 0.15) is 0 Å². The van der Waals surface area contributed by atoms with Gasteiger partial charge in [0.05, 0.1) is 6.54 Å². The van der Waals surface area contributed by atoms with Gasteiger partial charge in [0.2, 0.25) is 0 Å². The molecule has 0 bridgehead atoms. The molecule has 3 N–H and O–H groups in total. The van der Waals surface area contributed by atoms with Gasteiger partial charge in [0.15, 0.2) is 0 Å². The maximum Gasteiger partial charge on any atom is 0.348 e. The molecule has 0 atom stereocenters. The minimum absolute atomic E-state index is 0.751. The number of para-hydroxylation sites is 1. The Morgan fingerprint density at radius 1 is 1.25 bits per heavy atom. The van der Waals surface area contributed by atoms with E-state index in [4.69, 9.17) is 5.73 Å². The maximum absolute atomic E-state index is 5.74. The van der Waals surface area contributed by atoms with Gasteiger partial charge in [0.1, 0.15) is 12.2 Å². The van der Waals surface area contributed by atoms with Crippen molar-refractivity contribution in [1.82, 2.24) is 5.32 Å². The highest BCUT2D eigenvalue weighted by Gasteiger charge is 2.16. The largest absolute Gasteiger partial charge is 0.348 e. The Morgan fingerprint density at radius 3 is 2.58 bits per heavy atom. The average Bonchev–Trinajstić information content (AvgIpc) is 2.53. The zero-order valence-corrected chi connectivity index (χ0v) is 6.83. The second-order valence-electron chi connectivity index (χ2n) is 2.80. The maximum atomic E-state index is 5.74. The van der Waals surface area contributed by atoms with E-state index in [1.165, 1.54) is 0 Å². The number of nitrogens with two attached hydrogens (primary N) is 1. The molecule has 0 saturated carbocycles. The highest BCUT2D eigenvalue weighted by molar-refractivity contribution is 5.74. The van der Waals surface area contributed by atoms with Crippen molar-refractivity contribution in [3.8, 4) is 0 Å². The normalized spacial score (nSPS) is 16.3. The molecule has 2 rings (SSSR count). The summed E-state index contributed by atoms with van der Waals surface area (Å²) in [6.45, 7) is 1.89. The topological polar surface area (TPSA) is 41.1 Å². The first kappa shape index (κ1) is 7.16. The molecular formula is C9H12N3+. The monoisotopic (exact) mass is 162 g/mol. The molecule has 3 heteroatoms. The van der Waals surface area contributed by atoms with Crippen molar-refractivity contribution in [2.24, 2.45) is 5.73 Å². The van der Waals surface area contributed by atoms with E-state index < -0.39 is 0 Å². The molecule has 1 aliphatic rings. The Bertz CT molecular complexity index is 303. The van der Waals surface area contributed by atoms with Crippen LogP contribution in [-0.2, 0) is 0 Å². The van der Waals surface area contributed by atoms with Crippen LogP contribution in [0.4, 0.5) is 5.69 Å². The molecule has 0 aromatic heterocycles. The lowest BCUT2D eigenvalue weighted by molar-refractivity contribution is -0.429. The highest BCUT2D eigenvalue weighted by atomic mass is 15.2. The van der Waals surface area contributed by atoms with E-state index in [0.29, 0.717) is 0 Å². The van der Waals surface area contributed by atoms with Gasteiger partial charge in [-0.05, 0) is 12.1 Å². The van der Waals surface area contributed by atoms with Crippen LogP contribution in [0.25, 0.3) is 0 Å². The van der Waals surface area contributed by atoms with Crippen molar-refractivity contribution in [3.63, 3.8) is 0 Å². The predicted octanol–water partition coefficient (Wildman–Crippen LogP) is 0.248. The van der Waals surface area contributed by atoms with E-state index >= 15 is 0 Å². The summed E-state index contributed by atoms with van der Waals surface area (Å²) in [7, 11) is 0. The smallest absolute Gasteiger partial charge is 0.290 e. The third-order valence-corrected chi connectivity index (χ3v) is 2.00. The third kappa shape index (κ3) is 1.13. The quantitative estimate of drug-likeness (QED) is 0.581. The summed E-state index contributed by atoms with van der Waals surface area (Å²) in [4.78, 5) is 0. The predicted molar refractivity (Wildman–Crippen MR) is 48.4 cm³/mol. The van der Waals surface area contributed by atoms with E-state index in [1.54, 1.807) is 0 Å². The summed E-state index contributed by atoms with van der Waals surface area (Å²) in [6, 6.07) is 10.1. The van der Waals surface area contributed by atoms with Crippen molar-refractivity contribution in [2.75, 3.05) is 13.1 Å². The molecule has 1 heterocycles. The van der Waals surface area contributed by atoms with Crippen LogP contribution in [0.15, 0.2) is 30.3 Å². The van der Waals surface area contributed by atoms with E-state index in [2.05, 4.69) is 22.0 Å². The molecule has 1 aromatic rings. The fourth-order valence-electron chi connectivity index (χ4n) is 1.39. The Labute approximate surface area is 71.5 Å². The third-order valence-electron chi connectivity index (χ3n) is 2.00. The number of rotatable bonds is 1. The molecule has 0 aliphatic carbocycles. The minimum atomic E-state index is 0.751. The summed E-state index contributed by atoms with van der Waals surface area (Å²) in [5.74, 6) is 0.751. The van der Waals surface area contributed by atoms with Crippen molar-refractivity contribution in [1.29, 1.82) is 0 Å². The molecule has 0 amide bonds. The van der Waals surface area contributed by atoms with Gasteiger partial charge in [-0.3, -0.25) is 11.1 Å². The zero-order valence-electron chi connectivity index (χ0n) is 6.83. The van der Waals surface area contributed by atoms with Crippen LogP contribution in [0, 0.1) is 0 Å².